The third kappa shape index (κ3) is 5.35. The second-order valence-electron chi connectivity index (χ2n) is 5.27. The lowest BCUT2D eigenvalue weighted by Gasteiger charge is -2.27. The summed E-state index contributed by atoms with van der Waals surface area (Å²) in [6.45, 7) is 3.59. The Balaban J connectivity index is 1.63. The van der Waals surface area contributed by atoms with Crippen molar-refractivity contribution in [3.8, 4) is 5.75 Å². The van der Waals surface area contributed by atoms with Gasteiger partial charge in [0, 0.05) is 24.6 Å². The molecule has 1 aliphatic heterocycles. The fraction of sp³-hybridized carbons (Fsp3) is 0.625. The highest BCUT2D eigenvalue weighted by molar-refractivity contribution is 7.98. The molecule has 3 nitrogen and oxygen atoms in total. The molecule has 1 aromatic rings. The standard InChI is InChI=1S/C16H25NO2S/c1-17(13-15-5-3-4-11-18-15)10-12-19-14-6-8-16(20-2)9-7-14/h6-9,15H,3-5,10-13H2,1-2H3. The highest BCUT2D eigenvalue weighted by Crippen LogP contribution is 2.19. The molecule has 0 aliphatic carbocycles. The first kappa shape index (κ1) is 15.7. The minimum Gasteiger partial charge on any atom is -0.492 e. The van der Waals surface area contributed by atoms with E-state index in [1.165, 1.54) is 24.2 Å². The summed E-state index contributed by atoms with van der Waals surface area (Å²) in [4.78, 5) is 3.57. The highest BCUT2D eigenvalue weighted by Gasteiger charge is 2.15. The Kier molecular flexibility index (Phi) is 6.70. The molecule has 0 amide bonds. The molecule has 1 aromatic carbocycles. The van der Waals surface area contributed by atoms with E-state index in [9.17, 15) is 0 Å². The van der Waals surface area contributed by atoms with Crippen molar-refractivity contribution < 1.29 is 9.47 Å². The van der Waals surface area contributed by atoms with Crippen molar-refractivity contribution >= 4 is 11.8 Å². The van der Waals surface area contributed by atoms with Crippen LogP contribution in [-0.4, -0.2) is 50.6 Å². The van der Waals surface area contributed by atoms with Gasteiger partial charge in [-0.2, -0.15) is 0 Å². The maximum absolute atomic E-state index is 5.77. The van der Waals surface area contributed by atoms with Crippen LogP contribution in [0, 0.1) is 0 Å². The van der Waals surface area contributed by atoms with Crippen LogP contribution in [0.2, 0.25) is 0 Å². The second kappa shape index (κ2) is 8.55. The monoisotopic (exact) mass is 295 g/mol. The predicted octanol–water partition coefficient (Wildman–Crippen LogP) is 3.29. The summed E-state index contributed by atoms with van der Waals surface area (Å²) < 4.78 is 11.5. The lowest BCUT2D eigenvalue weighted by molar-refractivity contribution is -0.00282. The molecule has 1 fully saturated rings. The number of hydrogen-bond acceptors (Lipinski definition) is 4. The smallest absolute Gasteiger partial charge is 0.119 e. The van der Waals surface area contributed by atoms with Crippen molar-refractivity contribution in [3.05, 3.63) is 24.3 Å². The van der Waals surface area contributed by atoms with Gasteiger partial charge in [-0.3, -0.25) is 0 Å². The van der Waals surface area contributed by atoms with E-state index in [2.05, 4.69) is 30.3 Å². The van der Waals surface area contributed by atoms with Crippen LogP contribution >= 0.6 is 11.8 Å². The zero-order chi connectivity index (χ0) is 14.2. The first-order chi connectivity index (χ1) is 9.78. The molecule has 1 saturated heterocycles. The maximum atomic E-state index is 5.77. The van der Waals surface area contributed by atoms with Gasteiger partial charge in [-0.05, 0) is 56.8 Å². The van der Waals surface area contributed by atoms with Gasteiger partial charge in [0.2, 0.25) is 0 Å². The summed E-state index contributed by atoms with van der Waals surface area (Å²) in [6, 6.07) is 8.27. The maximum Gasteiger partial charge on any atom is 0.119 e. The molecule has 4 heteroatoms. The third-order valence-electron chi connectivity index (χ3n) is 3.59. The Labute approximate surface area is 126 Å². The largest absolute Gasteiger partial charge is 0.492 e. The molecule has 1 unspecified atom stereocenters. The van der Waals surface area contributed by atoms with Gasteiger partial charge >= 0.3 is 0 Å². The minimum atomic E-state index is 0.412. The van der Waals surface area contributed by atoms with E-state index in [4.69, 9.17) is 9.47 Å². The first-order valence-electron chi connectivity index (χ1n) is 7.35. The third-order valence-corrected chi connectivity index (χ3v) is 4.33. The Morgan fingerprint density at radius 2 is 2.10 bits per heavy atom. The molecule has 0 radical (unpaired) electrons. The second-order valence-corrected chi connectivity index (χ2v) is 6.15. The fourth-order valence-corrected chi connectivity index (χ4v) is 2.79. The Morgan fingerprint density at radius 1 is 1.30 bits per heavy atom. The van der Waals surface area contributed by atoms with Crippen molar-refractivity contribution in [2.24, 2.45) is 0 Å². The number of benzene rings is 1. The van der Waals surface area contributed by atoms with Gasteiger partial charge in [-0.15, -0.1) is 11.8 Å². The number of thioether (sulfide) groups is 1. The van der Waals surface area contributed by atoms with Crippen molar-refractivity contribution in [2.45, 2.75) is 30.3 Å². The SMILES string of the molecule is CSc1ccc(OCCN(C)CC2CCCCO2)cc1. The van der Waals surface area contributed by atoms with Gasteiger partial charge in [0.1, 0.15) is 12.4 Å². The number of nitrogens with zero attached hydrogens (tertiary/aromatic N) is 1. The van der Waals surface area contributed by atoms with E-state index < -0.39 is 0 Å². The van der Waals surface area contributed by atoms with Crippen LogP contribution in [0.25, 0.3) is 0 Å². The molecule has 20 heavy (non-hydrogen) atoms. The lowest BCUT2D eigenvalue weighted by Crippen LogP contribution is -2.35. The molecule has 1 atom stereocenters. The predicted molar refractivity (Wildman–Crippen MR) is 84.8 cm³/mol. The molecule has 1 aliphatic rings. The van der Waals surface area contributed by atoms with E-state index in [1.54, 1.807) is 11.8 Å². The summed E-state index contributed by atoms with van der Waals surface area (Å²) in [6.07, 6.45) is 6.21. The Morgan fingerprint density at radius 3 is 2.75 bits per heavy atom. The summed E-state index contributed by atoms with van der Waals surface area (Å²) in [5, 5.41) is 0. The topological polar surface area (TPSA) is 21.7 Å². The average molecular weight is 295 g/mol. The average Bonchev–Trinajstić information content (AvgIpc) is 2.49. The van der Waals surface area contributed by atoms with Gasteiger partial charge in [0.25, 0.3) is 0 Å². The molecule has 0 spiro atoms. The summed E-state index contributed by atoms with van der Waals surface area (Å²) in [7, 11) is 2.14. The van der Waals surface area contributed by atoms with E-state index in [1.807, 2.05) is 12.1 Å². The van der Waals surface area contributed by atoms with Gasteiger partial charge < -0.3 is 14.4 Å². The molecule has 0 saturated carbocycles. The van der Waals surface area contributed by atoms with Gasteiger partial charge in [-0.25, -0.2) is 0 Å². The zero-order valence-electron chi connectivity index (χ0n) is 12.5. The van der Waals surface area contributed by atoms with Crippen LogP contribution in [0.1, 0.15) is 19.3 Å². The van der Waals surface area contributed by atoms with E-state index in [-0.39, 0.29) is 0 Å². The van der Waals surface area contributed by atoms with Crippen LogP contribution in [0.3, 0.4) is 0 Å². The molecule has 0 bridgehead atoms. The molecular weight excluding hydrogens is 270 g/mol. The quantitative estimate of drug-likeness (QED) is 0.720. The molecule has 0 N–H and O–H groups in total. The summed E-state index contributed by atoms with van der Waals surface area (Å²) in [5.74, 6) is 0.949. The van der Waals surface area contributed by atoms with Crippen LogP contribution in [-0.2, 0) is 4.74 Å². The van der Waals surface area contributed by atoms with Crippen molar-refractivity contribution in [2.75, 3.05) is 39.6 Å². The van der Waals surface area contributed by atoms with Crippen molar-refractivity contribution in [1.29, 1.82) is 0 Å². The fourth-order valence-electron chi connectivity index (χ4n) is 2.38. The summed E-state index contributed by atoms with van der Waals surface area (Å²) in [5.41, 5.74) is 0. The van der Waals surface area contributed by atoms with E-state index in [0.717, 1.165) is 32.1 Å². The highest BCUT2D eigenvalue weighted by atomic mass is 32.2. The Bertz CT molecular complexity index is 377. The molecular formula is C16H25NO2S. The number of rotatable bonds is 7. The van der Waals surface area contributed by atoms with Gasteiger partial charge in [-0.1, -0.05) is 0 Å². The number of ether oxygens (including phenoxy) is 2. The molecule has 0 aromatic heterocycles. The van der Waals surface area contributed by atoms with Crippen LogP contribution in [0.5, 0.6) is 5.75 Å². The molecule has 112 valence electrons. The normalized spacial score (nSPS) is 19.2. The minimum absolute atomic E-state index is 0.412. The zero-order valence-corrected chi connectivity index (χ0v) is 13.3. The van der Waals surface area contributed by atoms with Crippen LogP contribution in [0.15, 0.2) is 29.2 Å². The van der Waals surface area contributed by atoms with Gasteiger partial charge in [0.05, 0.1) is 6.10 Å². The van der Waals surface area contributed by atoms with Crippen LogP contribution < -0.4 is 4.74 Å². The summed E-state index contributed by atoms with van der Waals surface area (Å²) >= 11 is 1.75. The van der Waals surface area contributed by atoms with Gasteiger partial charge in [0.15, 0.2) is 0 Å². The van der Waals surface area contributed by atoms with Crippen molar-refractivity contribution in [3.63, 3.8) is 0 Å². The molecule has 1 heterocycles. The number of hydrogen-bond donors (Lipinski definition) is 0. The number of likely N-dealkylation sites (N-methyl/N-ethyl adjacent to an activating group) is 1. The van der Waals surface area contributed by atoms with E-state index in [0.29, 0.717) is 6.10 Å². The van der Waals surface area contributed by atoms with Crippen LogP contribution in [0.4, 0.5) is 0 Å². The first-order valence-corrected chi connectivity index (χ1v) is 8.57. The van der Waals surface area contributed by atoms with E-state index >= 15 is 0 Å². The Hall–Kier alpha value is -0.710. The molecule has 2 rings (SSSR count). The van der Waals surface area contributed by atoms with Crippen molar-refractivity contribution in [1.82, 2.24) is 4.90 Å². The lowest BCUT2D eigenvalue weighted by atomic mass is 10.1.